The van der Waals surface area contributed by atoms with Gasteiger partial charge in [0, 0.05) is 11.9 Å². The molecule has 1 aromatic carbocycles. The van der Waals surface area contributed by atoms with Gasteiger partial charge in [-0.1, -0.05) is 24.3 Å². The number of hydrogen-bond acceptors (Lipinski definition) is 2. The molecule has 0 amide bonds. The average molecular weight is 216 g/mol. The van der Waals surface area contributed by atoms with Gasteiger partial charge in [0.1, 0.15) is 0 Å². The van der Waals surface area contributed by atoms with Crippen LogP contribution in [0, 0.1) is 0 Å². The van der Waals surface area contributed by atoms with Crippen LogP contribution in [0.3, 0.4) is 0 Å². The molecule has 0 aliphatic carbocycles. The van der Waals surface area contributed by atoms with E-state index >= 15 is 0 Å². The fourth-order valence-electron chi connectivity index (χ4n) is 0.910. The SMILES string of the molecule is CC(N)c1ccc(CCl)cc1.O=CO. The van der Waals surface area contributed by atoms with Gasteiger partial charge < -0.3 is 10.8 Å². The second-order valence-corrected chi connectivity index (χ2v) is 3.04. The van der Waals surface area contributed by atoms with Crippen LogP contribution in [0.5, 0.6) is 0 Å². The summed E-state index contributed by atoms with van der Waals surface area (Å²) in [5.41, 5.74) is 7.96. The molecule has 0 bridgehead atoms. The number of alkyl halides is 1. The smallest absolute Gasteiger partial charge is 0.290 e. The van der Waals surface area contributed by atoms with Gasteiger partial charge in [-0.25, -0.2) is 0 Å². The van der Waals surface area contributed by atoms with Crippen LogP contribution in [-0.2, 0) is 10.7 Å². The Morgan fingerprint density at radius 3 is 2.21 bits per heavy atom. The molecule has 0 aliphatic heterocycles. The molecule has 0 aromatic heterocycles. The van der Waals surface area contributed by atoms with Crippen molar-refractivity contribution in [3.05, 3.63) is 35.4 Å². The topological polar surface area (TPSA) is 63.3 Å². The number of halogens is 1. The molecule has 1 aromatic rings. The molecule has 0 heterocycles. The van der Waals surface area contributed by atoms with Gasteiger partial charge in [0.25, 0.3) is 6.47 Å². The monoisotopic (exact) mass is 215 g/mol. The molecule has 0 spiro atoms. The fraction of sp³-hybridized carbons (Fsp3) is 0.300. The van der Waals surface area contributed by atoms with E-state index in [0.717, 1.165) is 11.1 Å². The first-order valence-electron chi connectivity index (χ1n) is 4.14. The summed E-state index contributed by atoms with van der Waals surface area (Å²) < 4.78 is 0. The summed E-state index contributed by atoms with van der Waals surface area (Å²) in [6.07, 6.45) is 0. The van der Waals surface area contributed by atoms with E-state index in [0.29, 0.717) is 5.88 Å². The Balaban J connectivity index is 0.000000500. The third kappa shape index (κ3) is 4.84. The van der Waals surface area contributed by atoms with Crippen LogP contribution in [0.15, 0.2) is 24.3 Å². The fourth-order valence-corrected chi connectivity index (χ4v) is 1.09. The van der Waals surface area contributed by atoms with Crippen molar-refractivity contribution in [1.29, 1.82) is 0 Å². The van der Waals surface area contributed by atoms with Crippen LogP contribution in [0.25, 0.3) is 0 Å². The van der Waals surface area contributed by atoms with Crippen LogP contribution in [0.4, 0.5) is 0 Å². The van der Waals surface area contributed by atoms with Crippen LogP contribution >= 0.6 is 11.6 Å². The normalized spacial score (nSPS) is 11.1. The Morgan fingerprint density at radius 1 is 1.50 bits per heavy atom. The highest BCUT2D eigenvalue weighted by molar-refractivity contribution is 6.17. The van der Waals surface area contributed by atoms with Gasteiger partial charge in [0.15, 0.2) is 0 Å². The van der Waals surface area contributed by atoms with E-state index in [1.54, 1.807) is 0 Å². The third-order valence-corrected chi connectivity index (χ3v) is 1.97. The van der Waals surface area contributed by atoms with Gasteiger partial charge in [0.05, 0.1) is 0 Å². The first-order chi connectivity index (χ1) is 6.65. The summed E-state index contributed by atoms with van der Waals surface area (Å²) in [7, 11) is 0. The van der Waals surface area contributed by atoms with Gasteiger partial charge in [-0.05, 0) is 18.1 Å². The van der Waals surface area contributed by atoms with E-state index in [9.17, 15) is 0 Å². The van der Waals surface area contributed by atoms with Crippen molar-refractivity contribution in [2.45, 2.75) is 18.8 Å². The Morgan fingerprint density at radius 2 is 1.93 bits per heavy atom. The summed E-state index contributed by atoms with van der Waals surface area (Å²) >= 11 is 5.63. The second kappa shape index (κ2) is 7.35. The van der Waals surface area contributed by atoms with Gasteiger partial charge in [-0.15, -0.1) is 11.6 Å². The highest BCUT2D eigenvalue weighted by Gasteiger charge is 1.97. The molecule has 0 fully saturated rings. The third-order valence-electron chi connectivity index (χ3n) is 1.66. The van der Waals surface area contributed by atoms with Crippen LogP contribution in [0.2, 0.25) is 0 Å². The minimum absolute atomic E-state index is 0.111. The lowest BCUT2D eigenvalue weighted by molar-refractivity contribution is -0.122. The summed E-state index contributed by atoms with van der Waals surface area (Å²) in [6.45, 7) is 1.72. The highest BCUT2D eigenvalue weighted by atomic mass is 35.5. The van der Waals surface area contributed by atoms with Gasteiger partial charge in [-0.2, -0.15) is 0 Å². The number of carbonyl (C=O) groups is 1. The molecule has 3 N–H and O–H groups in total. The van der Waals surface area contributed by atoms with E-state index in [4.69, 9.17) is 27.2 Å². The van der Waals surface area contributed by atoms with Crippen LogP contribution in [-0.4, -0.2) is 11.6 Å². The summed E-state index contributed by atoms with van der Waals surface area (Å²) in [5, 5.41) is 6.89. The largest absolute Gasteiger partial charge is 0.483 e. The van der Waals surface area contributed by atoms with Crippen molar-refractivity contribution in [3.63, 3.8) is 0 Å². The summed E-state index contributed by atoms with van der Waals surface area (Å²) in [5.74, 6) is 0.569. The van der Waals surface area contributed by atoms with Gasteiger partial charge in [-0.3, -0.25) is 4.79 Å². The van der Waals surface area contributed by atoms with Crippen molar-refractivity contribution < 1.29 is 9.90 Å². The highest BCUT2D eigenvalue weighted by Crippen LogP contribution is 2.11. The quantitative estimate of drug-likeness (QED) is 0.587. The number of benzene rings is 1. The standard InChI is InChI=1S/C9H12ClN.CH2O2/c1-7(11)9-4-2-8(6-10)3-5-9;2-1-3/h2-5,7H,6,11H2,1H3;1H,(H,2,3). The Labute approximate surface area is 88.5 Å². The lowest BCUT2D eigenvalue weighted by Crippen LogP contribution is -2.04. The Kier molecular flexibility index (Phi) is 6.80. The molecule has 0 aliphatic rings. The molecule has 78 valence electrons. The lowest BCUT2D eigenvalue weighted by Gasteiger charge is -2.04. The summed E-state index contributed by atoms with van der Waals surface area (Å²) in [4.78, 5) is 8.36. The first kappa shape index (κ1) is 12.9. The molecule has 0 radical (unpaired) electrons. The zero-order chi connectivity index (χ0) is 11.0. The second-order valence-electron chi connectivity index (χ2n) is 2.77. The van der Waals surface area contributed by atoms with Crippen LogP contribution in [0.1, 0.15) is 24.1 Å². The van der Waals surface area contributed by atoms with E-state index in [1.165, 1.54) is 0 Å². The maximum atomic E-state index is 8.36. The Bertz CT molecular complexity index is 259. The molecule has 0 saturated carbocycles. The van der Waals surface area contributed by atoms with E-state index < -0.39 is 0 Å². The van der Waals surface area contributed by atoms with Crippen molar-refractivity contribution in [2.24, 2.45) is 5.73 Å². The average Bonchev–Trinajstić information content (AvgIpc) is 2.19. The molecule has 14 heavy (non-hydrogen) atoms. The van der Waals surface area contributed by atoms with Gasteiger partial charge >= 0.3 is 0 Å². The minimum Gasteiger partial charge on any atom is -0.483 e. The molecule has 4 heteroatoms. The maximum absolute atomic E-state index is 8.36. The van der Waals surface area contributed by atoms with Crippen LogP contribution < -0.4 is 5.73 Å². The van der Waals surface area contributed by atoms with Crippen molar-refractivity contribution >= 4 is 18.1 Å². The summed E-state index contributed by atoms with van der Waals surface area (Å²) in [6, 6.07) is 8.15. The number of rotatable bonds is 2. The zero-order valence-electron chi connectivity index (χ0n) is 7.98. The van der Waals surface area contributed by atoms with Crippen molar-refractivity contribution in [1.82, 2.24) is 0 Å². The van der Waals surface area contributed by atoms with Crippen molar-refractivity contribution in [2.75, 3.05) is 0 Å². The minimum atomic E-state index is -0.250. The number of carboxylic acid groups (broad SMARTS) is 1. The Hall–Kier alpha value is -1.06. The lowest BCUT2D eigenvalue weighted by atomic mass is 10.1. The predicted octanol–water partition coefficient (Wildman–Crippen LogP) is 2.15. The van der Waals surface area contributed by atoms with Crippen molar-refractivity contribution in [3.8, 4) is 0 Å². The number of nitrogens with two attached hydrogens (primary N) is 1. The molecular formula is C10H14ClNO2. The zero-order valence-corrected chi connectivity index (χ0v) is 8.74. The first-order valence-corrected chi connectivity index (χ1v) is 4.67. The van der Waals surface area contributed by atoms with E-state index in [1.807, 2.05) is 31.2 Å². The van der Waals surface area contributed by atoms with E-state index in [-0.39, 0.29) is 12.5 Å². The predicted molar refractivity (Wildman–Crippen MR) is 57.3 cm³/mol. The molecular weight excluding hydrogens is 202 g/mol. The van der Waals surface area contributed by atoms with Gasteiger partial charge in [0.2, 0.25) is 0 Å². The molecule has 3 nitrogen and oxygen atoms in total. The molecule has 1 unspecified atom stereocenters. The number of hydrogen-bond donors (Lipinski definition) is 2. The molecule has 1 atom stereocenters. The molecule has 1 rings (SSSR count). The molecule has 0 saturated heterocycles. The maximum Gasteiger partial charge on any atom is 0.290 e. The van der Waals surface area contributed by atoms with E-state index in [2.05, 4.69) is 0 Å².